The van der Waals surface area contributed by atoms with Crippen molar-refractivity contribution >= 4 is 21.8 Å². The number of hydrogen-bond acceptors (Lipinski definition) is 6. The van der Waals surface area contributed by atoms with E-state index >= 15 is 0 Å². The summed E-state index contributed by atoms with van der Waals surface area (Å²) in [7, 11) is 1.63. The average Bonchev–Trinajstić information content (AvgIpc) is 3.11. The van der Waals surface area contributed by atoms with Crippen LogP contribution in [0.4, 0.5) is 0 Å². The van der Waals surface area contributed by atoms with Gasteiger partial charge in [0.15, 0.2) is 0 Å². The Hall–Kier alpha value is -1.77. The quantitative estimate of drug-likeness (QED) is 0.690. The summed E-state index contributed by atoms with van der Waals surface area (Å²) < 4.78 is 11.4. The summed E-state index contributed by atoms with van der Waals surface area (Å²) in [6.45, 7) is 3.27. The SMILES string of the molecule is COCCNC(=O)C1CCCN(Cc2nc(-c3ccc(Br)cc3)no2)C1. The Balaban J connectivity index is 1.55. The Morgan fingerprint density at radius 1 is 1.42 bits per heavy atom. The molecule has 2 aromatic rings. The van der Waals surface area contributed by atoms with Crippen molar-refractivity contribution in [2.45, 2.75) is 19.4 Å². The van der Waals surface area contributed by atoms with Crippen molar-refractivity contribution < 1.29 is 14.1 Å². The summed E-state index contributed by atoms with van der Waals surface area (Å²) in [4.78, 5) is 18.9. The Kier molecular flexibility index (Phi) is 6.76. The van der Waals surface area contributed by atoms with Gasteiger partial charge in [-0.2, -0.15) is 4.98 Å². The Morgan fingerprint density at radius 2 is 2.23 bits per heavy atom. The molecular weight excluding hydrogens is 400 g/mol. The number of aromatic nitrogens is 2. The van der Waals surface area contributed by atoms with E-state index in [4.69, 9.17) is 9.26 Å². The van der Waals surface area contributed by atoms with E-state index in [0.717, 1.165) is 29.4 Å². The van der Waals surface area contributed by atoms with Crippen molar-refractivity contribution in [2.24, 2.45) is 5.92 Å². The van der Waals surface area contributed by atoms with Crippen LogP contribution < -0.4 is 5.32 Å². The van der Waals surface area contributed by atoms with Gasteiger partial charge in [-0.15, -0.1) is 0 Å². The maximum atomic E-state index is 12.2. The fourth-order valence-electron chi connectivity index (χ4n) is 3.06. The number of ether oxygens (including phenoxy) is 1. The number of hydrogen-bond donors (Lipinski definition) is 1. The number of carbonyl (C=O) groups is 1. The Labute approximate surface area is 161 Å². The van der Waals surface area contributed by atoms with Gasteiger partial charge in [0, 0.05) is 30.2 Å². The molecule has 1 saturated heterocycles. The zero-order valence-corrected chi connectivity index (χ0v) is 16.4. The van der Waals surface area contributed by atoms with Crippen molar-refractivity contribution in [1.82, 2.24) is 20.4 Å². The normalized spacial score (nSPS) is 18.0. The zero-order valence-electron chi connectivity index (χ0n) is 14.8. The molecule has 1 aliphatic rings. The summed E-state index contributed by atoms with van der Waals surface area (Å²) in [5.74, 6) is 1.24. The van der Waals surface area contributed by atoms with Crippen LogP contribution in [-0.2, 0) is 16.1 Å². The van der Waals surface area contributed by atoms with E-state index in [2.05, 4.69) is 36.3 Å². The smallest absolute Gasteiger partial charge is 0.241 e. The number of benzene rings is 1. The van der Waals surface area contributed by atoms with Crippen LogP contribution in [0.1, 0.15) is 18.7 Å². The van der Waals surface area contributed by atoms with Crippen LogP contribution in [0, 0.1) is 5.92 Å². The zero-order chi connectivity index (χ0) is 18.4. The van der Waals surface area contributed by atoms with Crippen LogP contribution in [0.3, 0.4) is 0 Å². The highest BCUT2D eigenvalue weighted by Gasteiger charge is 2.26. The number of rotatable bonds is 7. The van der Waals surface area contributed by atoms with Crippen molar-refractivity contribution in [3.05, 3.63) is 34.6 Å². The fourth-order valence-corrected chi connectivity index (χ4v) is 3.32. The number of amides is 1. The first kappa shape index (κ1) is 19.0. The predicted octanol–water partition coefficient (Wildman–Crippen LogP) is 2.47. The summed E-state index contributed by atoms with van der Waals surface area (Å²) >= 11 is 3.42. The van der Waals surface area contributed by atoms with E-state index in [1.165, 1.54) is 0 Å². The van der Waals surface area contributed by atoms with Crippen LogP contribution in [0.2, 0.25) is 0 Å². The Bertz CT molecular complexity index is 719. The molecule has 2 heterocycles. The number of nitrogens with one attached hydrogen (secondary N) is 1. The molecule has 0 saturated carbocycles. The lowest BCUT2D eigenvalue weighted by Crippen LogP contribution is -2.43. The predicted molar refractivity (Wildman–Crippen MR) is 100 cm³/mol. The van der Waals surface area contributed by atoms with Gasteiger partial charge >= 0.3 is 0 Å². The standard InChI is InChI=1S/C18H23BrN4O3/c1-25-10-8-20-18(24)14-3-2-9-23(11-14)12-16-21-17(22-26-16)13-4-6-15(19)7-5-13/h4-7,14H,2-3,8-12H2,1H3,(H,20,24). The number of halogens is 1. The molecule has 1 aromatic heterocycles. The second-order valence-electron chi connectivity index (χ2n) is 6.38. The van der Waals surface area contributed by atoms with Crippen molar-refractivity contribution in [2.75, 3.05) is 33.4 Å². The largest absolute Gasteiger partial charge is 0.383 e. The van der Waals surface area contributed by atoms with Gasteiger partial charge in [0.05, 0.1) is 19.1 Å². The third-order valence-corrected chi connectivity index (χ3v) is 4.94. The molecule has 0 aliphatic carbocycles. The highest BCUT2D eigenvalue weighted by atomic mass is 79.9. The molecule has 7 nitrogen and oxygen atoms in total. The minimum Gasteiger partial charge on any atom is -0.383 e. The van der Waals surface area contributed by atoms with Gasteiger partial charge in [0.2, 0.25) is 17.6 Å². The van der Waals surface area contributed by atoms with Gasteiger partial charge in [-0.1, -0.05) is 21.1 Å². The number of carbonyl (C=O) groups excluding carboxylic acids is 1. The van der Waals surface area contributed by atoms with Crippen LogP contribution in [0.25, 0.3) is 11.4 Å². The summed E-state index contributed by atoms with van der Waals surface area (Å²) in [5.41, 5.74) is 0.914. The second kappa shape index (κ2) is 9.25. The van der Waals surface area contributed by atoms with Crippen molar-refractivity contribution in [3.8, 4) is 11.4 Å². The molecule has 0 spiro atoms. The van der Waals surface area contributed by atoms with E-state index < -0.39 is 0 Å². The van der Waals surface area contributed by atoms with Crippen LogP contribution >= 0.6 is 15.9 Å². The number of methoxy groups -OCH3 is 1. The third kappa shape index (κ3) is 5.12. The highest BCUT2D eigenvalue weighted by molar-refractivity contribution is 9.10. The number of piperidine rings is 1. The average molecular weight is 423 g/mol. The third-order valence-electron chi connectivity index (χ3n) is 4.41. The number of likely N-dealkylation sites (tertiary alicyclic amines) is 1. The van der Waals surface area contributed by atoms with E-state index in [1.54, 1.807) is 7.11 Å². The van der Waals surface area contributed by atoms with Gasteiger partial charge in [-0.3, -0.25) is 9.69 Å². The Morgan fingerprint density at radius 3 is 3.00 bits per heavy atom. The summed E-state index contributed by atoms with van der Waals surface area (Å²) in [5, 5.41) is 6.99. The lowest BCUT2D eigenvalue weighted by atomic mass is 9.97. The maximum Gasteiger partial charge on any atom is 0.241 e. The summed E-state index contributed by atoms with van der Waals surface area (Å²) in [6, 6.07) is 7.78. The molecule has 3 rings (SSSR count). The monoisotopic (exact) mass is 422 g/mol. The second-order valence-corrected chi connectivity index (χ2v) is 7.29. The van der Waals surface area contributed by atoms with Crippen LogP contribution in [-0.4, -0.2) is 54.3 Å². The summed E-state index contributed by atoms with van der Waals surface area (Å²) in [6.07, 6.45) is 1.89. The van der Waals surface area contributed by atoms with E-state index in [0.29, 0.717) is 38.0 Å². The van der Waals surface area contributed by atoms with Gasteiger partial charge in [0.25, 0.3) is 0 Å². The lowest BCUT2D eigenvalue weighted by Gasteiger charge is -2.30. The molecular formula is C18H23BrN4O3. The topological polar surface area (TPSA) is 80.5 Å². The first-order chi connectivity index (χ1) is 12.7. The molecule has 1 aromatic carbocycles. The molecule has 1 amide bonds. The molecule has 1 N–H and O–H groups in total. The van der Waals surface area contributed by atoms with Gasteiger partial charge in [-0.05, 0) is 43.7 Å². The molecule has 140 valence electrons. The molecule has 1 unspecified atom stereocenters. The van der Waals surface area contributed by atoms with Gasteiger partial charge < -0.3 is 14.6 Å². The van der Waals surface area contributed by atoms with E-state index in [1.807, 2.05) is 24.3 Å². The molecule has 1 fully saturated rings. The minimum atomic E-state index is -0.00512. The lowest BCUT2D eigenvalue weighted by molar-refractivity contribution is -0.127. The maximum absolute atomic E-state index is 12.2. The highest BCUT2D eigenvalue weighted by Crippen LogP contribution is 2.21. The van der Waals surface area contributed by atoms with Gasteiger partial charge in [-0.25, -0.2) is 0 Å². The molecule has 0 bridgehead atoms. The number of nitrogens with zero attached hydrogens (tertiary/aromatic N) is 3. The minimum absolute atomic E-state index is 0.00512. The van der Waals surface area contributed by atoms with Crippen LogP contribution in [0.5, 0.6) is 0 Å². The van der Waals surface area contributed by atoms with Crippen molar-refractivity contribution in [1.29, 1.82) is 0 Å². The molecule has 1 atom stereocenters. The fraction of sp³-hybridized carbons (Fsp3) is 0.500. The molecule has 8 heteroatoms. The van der Waals surface area contributed by atoms with Crippen LogP contribution in [0.15, 0.2) is 33.3 Å². The van der Waals surface area contributed by atoms with E-state index in [9.17, 15) is 4.79 Å². The first-order valence-corrected chi connectivity index (χ1v) is 9.52. The molecule has 1 aliphatic heterocycles. The molecule has 26 heavy (non-hydrogen) atoms. The molecule has 0 radical (unpaired) electrons. The van der Waals surface area contributed by atoms with Gasteiger partial charge in [0.1, 0.15) is 0 Å². The van der Waals surface area contributed by atoms with E-state index in [-0.39, 0.29) is 11.8 Å². The van der Waals surface area contributed by atoms with Crippen molar-refractivity contribution in [3.63, 3.8) is 0 Å². The first-order valence-electron chi connectivity index (χ1n) is 8.73.